The molecule has 1 amide bonds. The van der Waals surface area contributed by atoms with Crippen molar-refractivity contribution in [3.05, 3.63) is 0 Å². The molecule has 6 heteroatoms. The van der Waals surface area contributed by atoms with Crippen LogP contribution in [0.15, 0.2) is 0 Å². The molecule has 0 bridgehead atoms. The quantitative estimate of drug-likeness (QED) is 0.799. The lowest BCUT2D eigenvalue weighted by Gasteiger charge is -2.33. The number of hydrogen-bond donors (Lipinski definition) is 1. The van der Waals surface area contributed by atoms with Crippen LogP contribution in [0.4, 0.5) is 0 Å². The van der Waals surface area contributed by atoms with Crippen LogP contribution in [0.1, 0.15) is 39.0 Å². The molecule has 0 spiro atoms. The van der Waals surface area contributed by atoms with Crippen molar-refractivity contribution in [3.63, 3.8) is 0 Å². The fraction of sp³-hybridized carbons (Fsp3) is 0.867. The Morgan fingerprint density at radius 2 is 1.90 bits per heavy atom. The summed E-state index contributed by atoms with van der Waals surface area (Å²) in [4.78, 5) is 26.1. The molecule has 0 aromatic heterocycles. The second-order valence-corrected chi connectivity index (χ2v) is 6.13. The van der Waals surface area contributed by atoms with Gasteiger partial charge in [-0.2, -0.15) is 0 Å². The highest BCUT2D eigenvalue weighted by molar-refractivity contribution is 5.87. The van der Waals surface area contributed by atoms with E-state index in [2.05, 4.69) is 0 Å². The van der Waals surface area contributed by atoms with Gasteiger partial charge in [0.05, 0.1) is 6.61 Å². The highest BCUT2D eigenvalue weighted by atomic mass is 16.5. The normalized spacial score (nSPS) is 28.0. The fourth-order valence-corrected chi connectivity index (χ4v) is 3.61. The van der Waals surface area contributed by atoms with Gasteiger partial charge in [0, 0.05) is 26.8 Å². The molecule has 1 heterocycles. The average molecular weight is 299 g/mol. The molecule has 1 aliphatic heterocycles. The molecule has 1 atom stereocenters. The molecule has 2 fully saturated rings. The lowest BCUT2D eigenvalue weighted by Crippen LogP contribution is -2.50. The molecule has 1 unspecified atom stereocenters. The number of hydrogen-bond acceptors (Lipinski definition) is 4. The van der Waals surface area contributed by atoms with Crippen LogP contribution in [0.2, 0.25) is 0 Å². The first-order valence-electron chi connectivity index (χ1n) is 7.65. The maximum Gasteiger partial charge on any atom is 0.313 e. The fourth-order valence-electron chi connectivity index (χ4n) is 3.61. The molecule has 0 aromatic carbocycles. The van der Waals surface area contributed by atoms with Crippen molar-refractivity contribution in [1.82, 2.24) is 4.90 Å². The number of carboxylic acid groups (broad SMARTS) is 1. The molecular formula is C15H25NO5. The number of carboxylic acids is 1. The first kappa shape index (κ1) is 16.2. The summed E-state index contributed by atoms with van der Waals surface area (Å²) in [5.74, 6) is -0.933. The number of amides is 1. The lowest BCUT2D eigenvalue weighted by atomic mass is 9.88. The maximum atomic E-state index is 12.8. The van der Waals surface area contributed by atoms with Crippen molar-refractivity contribution >= 4 is 11.9 Å². The maximum absolute atomic E-state index is 12.8. The van der Waals surface area contributed by atoms with E-state index in [4.69, 9.17) is 9.47 Å². The highest BCUT2D eigenvalue weighted by Crippen LogP contribution is 2.38. The third-order valence-corrected chi connectivity index (χ3v) is 4.74. The molecule has 0 aromatic rings. The average Bonchev–Trinajstić information content (AvgIpc) is 3.07. The van der Waals surface area contributed by atoms with Gasteiger partial charge in [0.25, 0.3) is 5.91 Å². The van der Waals surface area contributed by atoms with Crippen molar-refractivity contribution in [2.75, 3.05) is 33.4 Å². The minimum absolute atomic E-state index is 0.0407. The van der Waals surface area contributed by atoms with Gasteiger partial charge < -0.3 is 19.5 Å². The van der Waals surface area contributed by atoms with Crippen molar-refractivity contribution in [2.24, 2.45) is 5.41 Å². The standard InChI is InChI=1S/C15H25NO5/c1-3-21-15(6-4-5-7-15)12(17)16-9-8-14(10-16,11-20-2)13(18)19/h3-11H2,1-2H3,(H,18,19). The summed E-state index contributed by atoms with van der Waals surface area (Å²) in [6.45, 7) is 3.20. The second kappa shape index (κ2) is 6.32. The van der Waals surface area contributed by atoms with E-state index < -0.39 is 17.0 Å². The predicted octanol–water partition coefficient (Wildman–Crippen LogP) is 1.29. The van der Waals surface area contributed by atoms with Crippen molar-refractivity contribution in [3.8, 4) is 0 Å². The summed E-state index contributed by atoms with van der Waals surface area (Å²) >= 11 is 0. The van der Waals surface area contributed by atoms with Gasteiger partial charge in [0.2, 0.25) is 0 Å². The van der Waals surface area contributed by atoms with Crippen LogP contribution in [0.5, 0.6) is 0 Å². The summed E-state index contributed by atoms with van der Waals surface area (Å²) in [5, 5.41) is 9.48. The molecule has 1 saturated carbocycles. The Labute approximate surface area is 125 Å². The Kier molecular flexibility index (Phi) is 4.88. The van der Waals surface area contributed by atoms with Gasteiger partial charge in [-0.3, -0.25) is 9.59 Å². The monoisotopic (exact) mass is 299 g/mol. The summed E-state index contributed by atoms with van der Waals surface area (Å²) < 4.78 is 10.8. The van der Waals surface area contributed by atoms with Gasteiger partial charge >= 0.3 is 5.97 Å². The minimum Gasteiger partial charge on any atom is -0.481 e. The molecule has 1 N–H and O–H groups in total. The van der Waals surface area contributed by atoms with Crippen LogP contribution >= 0.6 is 0 Å². The number of rotatable bonds is 6. The van der Waals surface area contributed by atoms with Gasteiger partial charge in [0.1, 0.15) is 11.0 Å². The molecule has 1 saturated heterocycles. The first-order valence-corrected chi connectivity index (χ1v) is 7.65. The van der Waals surface area contributed by atoms with Crippen LogP contribution in [-0.2, 0) is 19.1 Å². The third kappa shape index (κ3) is 2.92. The molecule has 120 valence electrons. The van der Waals surface area contributed by atoms with Gasteiger partial charge in [-0.25, -0.2) is 0 Å². The zero-order chi connectivity index (χ0) is 15.5. The second-order valence-electron chi connectivity index (χ2n) is 6.13. The van der Waals surface area contributed by atoms with E-state index in [-0.39, 0.29) is 19.1 Å². The predicted molar refractivity (Wildman–Crippen MR) is 76.0 cm³/mol. The Morgan fingerprint density at radius 3 is 2.43 bits per heavy atom. The molecule has 2 aliphatic rings. The van der Waals surface area contributed by atoms with Crippen LogP contribution < -0.4 is 0 Å². The first-order chi connectivity index (χ1) is 9.99. The van der Waals surface area contributed by atoms with Crippen LogP contribution in [-0.4, -0.2) is 60.9 Å². The molecular weight excluding hydrogens is 274 g/mol. The lowest BCUT2D eigenvalue weighted by molar-refractivity contribution is -0.159. The summed E-state index contributed by atoms with van der Waals surface area (Å²) in [5.41, 5.74) is -1.70. The van der Waals surface area contributed by atoms with Crippen molar-refractivity contribution in [2.45, 2.75) is 44.6 Å². The van der Waals surface area contributed by atoms with Crippen LogP contribution in [0.25, 0.3) is 0 Å². The van der Waals surface area contributed by atoms with Crippen molar-refractivity contribution < 1.29 is 24.2 Å². The molecule has 0 radical (unpaired) electrons. The van der Waals surface area contributed by atoms with E-state index in [0.717, 1.165) is 25.7 Å². The molecule has 21 heavy (non-hydrogen) atoms. The third-order valence-electron chi connectivity index (χ3n) is 4.74. The summed E-state index contributed by atoms with van der Waals surface area (Å²) in [6, 6.07) is 0. The highest BCUT2D eigenvalue weighted by Gasteiger charge is 2.51. The number of aliphatic carboxylic acids is 1. The van der Waals surface area contributed by atoms with E-state index >= 15 is 0 Å². The number of methoxy groups -OCH3 is 1. The van der Waals surface area contributed by atoms with Crippen molar-refractivity contribution in [1.29, 1.82) is 0 Å². The van der Waals surface area contributed by atoms with E-state index in [0.29, 0.717) is 19.6 Å². The van der Waals surface area contributed by atoms with Gasteiger partial charge in [-0.05, 0) is 39.0 Å². The molecule has 1 aliphatic carbocycles. The van der Waals surface area contributed by atoms with Gasteiger partial charge in [0.15, 0.2) is 0 Å². The number of carbonyl (C=O) groups excluding carboxylic acids is 1. The van der Waals surface area contributed by atoms with E-state index in [9.17, 15) is 14.7 Å². The zero-order valence-corrected chi connectivity index (χ0v) is 12.9. The number of carbonyl (C=O) groups is 2. The largest absolute Gasteiger partial charge is 0.481 e. The van der Waals surface area contributed by atoms with Gasteiger partial charge in [-0.1, -0.05) is 0 Å². The Hall–Kier alpha value is -1.14. The molecule has 2 rings (SSSR count). The van der Waals surface area contributed by atoms with Gasteiger partial charge in [-0.15, -0.1) is 0 Å². The van der Waals surface area contributed by atoms with E-state index in [1.807, 2.05) is 6.92 Å². The number of ether oxygens (including phenoxy) is 2. The Morgan fingerprint density at radius 1 is 1.24 bits per heavy atom. The SMILES string of the molecule is CCOC1(C(=O)N2CCC(COC)(C(=O)O)C2)CCCC1. The Balaban J connectivity index is 2.12. The number of likely N-dealkylation sites (tertiary alicyclic amines) is 1. The Bertz CT molecular complexity index is 405. The smallest absolute Gasteiger partial charge is 0.313 e. The topological polar surface area (TPSA) is 76.1 Å². The summed E-state index contributed by atoms with van der Waals surface area (Å²) in [7, 11) is 1.49. The zero-order valence-electron chi connectivity index (χ0n) is 12.9. The van der Waals surface area contributed by atoms with E-state index in [1.165, 1.54) is 7.11 Å². The minimum atomic E-state index is -0.976. The number of nitrogens with zero attached hydrogens (tertiary/aromatic N) is 1. The van der Waals surface area contributed by atoms with Crippen LogP contribution in [0, 0.1) is 5.41 Å². The summed E-state index contributed by atoms with van der Waals surface area (Å²) in [6.07, 6.45) is 3.88. The van der Waals surface area contributed by atoms with Crippen LogP contribution in [0.3, 0.4) is 0 Å². The molecule has 6 nitrogen and oxygen atoms in total. The van der Waals surface area contributed by atoms with E-state index in [1.54, 1.807) is 4.90 Å².